The molecule has 0 unspecified atom stereocenters. The first-order valence-electron chi connectivity index (χ1n) is 6.26. The van der Waals surface area contributed by atoms with Crippen LogP contribution in [0.15, 0.2) is 0 Å². The SMILES string of the molecule is CC(C)(C)OC(=O)N1CC(F)(F)C[C@@H]2CNC[C@@H]21. The second-order valence-electron chi connectivity index (χ2n) is 6.15. The summed E-state index contributed by atoms with van der Waals surface area (Å²) in [5.41, 5.74) is -0.661. The molecular formula is C12H20F2N2O2. The van der Waals surface area contributed by atoms with Crippen LogP contribution in [0.1, 0.15) is 27.2 Å². The maximum atomic E-state index is 13.6. The van der Waals surface area contributed by atoms with Gasteiger partial charge >= 0.3 is 6.09 Å². The van der Waals surface area contributed by atoms with Crippen molar-refractivity contribution in [1.29, 1.82) is 0 Å². The van der Waals surface area contributed by atoms with E-state index in [2.05, 4.69) is 5.32 Å². The van der Waals surface area contributed by atoms with Crippen LogP contribution in [0.2, 0.25) is 0 Å². The minimum absolute atomic E-state index is 0.149. The maximum Gasteiger partial charge on any atom is 0.410 e. The van der Waals surface area contributed by atoms with Crippen molar-refractivity contribution in [3.8, 4) is 0 Å². The van der Waals surface area contributed by atoms with Crippen LogP contribution in [-0.4, -0.2) is 48.2 Å². The second-order valence-corrected chi connectivity index (χ2v) is 6.15. The fourth-order valence-electron chi connectivity index (χ4n) is 2.63. The van der Waals surface area contributed by atoms with E-state index >= 15 is 0 Å². The Morgan fingerprint density at radius 3 is 2.67 bits per heavy atom. The van der Waals surface area contributed by atoms with Crippen LogP contribution >= 0.6 is 0 Å². The summed E-state index contributed by atoms with van der Waals surface area (Å²) in [6.45, 7) is 5.77. The molecule has 0 saturated carbocycles. The minimum atomic E-state index is -2.82. The van der Waals surface area contributed by atoms with E-state index in [0.717, 1.165) is 0 Å². The molecule has 0 aromatic heterocycles. The zero-order valence-corrected chi connectivity index (χ0v) is 11.0. The lowest BCUT2D eigenvalue weighted by Gasteiger charge is -2.41. The quantitative estimate of drug-likeness (QED) is 0.724. The Hall–Kier alpha value is -0.910. The van der Waals surface area contributed by atoms with Gasteiger partial charge in [0.15, 0.2) is 0 Å². The molecule has 2 saturated heterocycles. The third-order valence-corrected chi connectivity index (χ3v) is 3.29. The van der Waals surface area contributed by atoms with Gasteiger partial charge in [-0.15, -0.1) is 0 Å². The molecule has 2 aliphatic rings. The number of carbonyl (C=O) groups is 1. The van der Waals surface area contributed by atoms with Crippen LogP contribution in [0, 0.1) is 5.92 Å². The molecule has 4 nitrogen and oxygen atoms in total. The van der Waals surface area contributed by atoms with Crippen molar-refractivity contribution >= 4 is 6.09 Å². The van der Waals surface area contributed by atoms with Crippen molar-refractivity contribution in [1.82, 2.24) is 10.2 Å². The summed E-state index contributed by atoms with van der Waals surface area (Å²) in [6.07, 6.45) is -0.787. The van der Waals surface area contributed by atoms with Gasteiger partial charge < -0.3 is 10.1 Å². The average molecular weight is 262 g/mol. The summed E-state index contributed by atoms with van der Waals surface area (Å²) >= 11 is 0. The lowest BCUT2D eigenvalue weighted by atomic mass is 9.90. The van der Waals surface area contributed by atoms with Crippen LogP contribution in [0.4, 0.5) is 13.6 Å². The molecule has 2 atom stereocenters. The summed E-state index contributed by atoms with van der Waals surface area (Å²) < 4.78 is 32.4. The first-order valence-corrected chi connectivity index (χ1v) is 6.26. The molecule has 2 rings (SSSR count). The summed E-state index contributed by atoms with van der Waals surface area (Å²) in [5.74, 6) is -2.99. The molecule has 104 valence electrons. The van der Waals surface area contributed by atoms with Crippen molar-refractivity contribution in [2.75, 3.05) is 19.6 Å². The van der Waals surface area contributed by atoms with Gasteiger partial charge in [-0.3, -0.25) is 4.90 Å². The highest BCUT2D eigenvalue weighted by atomic mass is 19.3. The van der Waals surface area contributed by atoms with Gasteiger partial charge in [-0.05, 0) is 26.7 Å². The Morgan fingerprint density at radius 1 is 1.39 bits per heavy atom. The van der Waals surface area contributed by atoms with Gasteiger partial charge in [-0.1, -0.05) is 0 Å². The third-order valence-electron chi connectivity index (χ3n) is 3.29. The molecule has 1 amide bonds. The van der Waals surface area contributed by atoms with Crippen LogP contribution in [0.3, 0.4) is 0 Å². The number of alkyl halides is 2. The highest BCUT2D eigenvalue weighted by Gasteiger charge is 2.50. The van der Waals surface area contributed by atoms with Crippen molar-refractivity contribution in [2.45, 2.75) is 44.8 Å². The normalized spacial score (nSPS) is 31.1. The fraction of sp³-hybridized carbons (Fsp3) is 0.917. The van der Waals surface area contributed by atoms with Crippen molar-refractivity contribution in [2.24, 2.45) is 5.92 Å². The van der Waals surface area contributed by atoms with Crippen LogP contribution in [-0.2, 0) is 4.74 Å². The molecule has 1 N–H and O–H groups in total. The maximum absolute atomic E-state index is 13.6. The molecular weight excluding hydrogens is 242 g/mol. The number of amides is 1. The van der Waals surface area contributed by atoms with E-state index in [1.54, 1.807) is 20.8 Å². The predicted octanol–water partition coefficient (Wildman–Crippen LogP) is 1.85. The average Bonchev–Trinajstić information content (AvgIpc) is 2.59. The van der Waals surface area contributed by atoms with E-state index in [4.69, 9.17) is 4.74 Å². The number of carbonyl (C=O) groups excluding carboxylic acids is 1. The summed E-state index contributed by atoms with van der Waals surface area (Å²) in [6, 6.07) is -0.167. The van der Waals surface area contributed by atoms with Crippen LogP contribution < -0.4 is 5.32 Å². The summed E-state index contributed by atoms with van der Waals surface area (Å²) in [5, 5.41) is 3.07. The lowest BCUT2D eigenvalue weighted by Crippen LogP contribution is -2.56. The Morgan fingerprint density at radius 2 is 2.06 bits per heavy atom. The van der Waals surface area contributed by atoms with Gasteiger partial charge in [0.25, 0.3) is 5.92 Å². The molecule has 0 spiro atoms. The molecule has 0 aromatic rings. The molecule has 0 aliphatic carbocycles. The Kier molecular flexibility index (Phi) is 3.25. The topological polar surface area (TPSA) is 41.6 Å². The van der Waals surface area contributed by atoms with Gasteiger partial charge in [0.05, 0.1) is 12.6 Å². The van der Waals surface area contributed by atoms with Crippen molar-refractivity contribution < 1.29 is 18.3 Å². The van der Waals surface area contributed by atoms with Crippen molar-refractivity contribution in [3.63, 3.8) is 0 Å². The number of nitrogens with zero attached hydrogens (tertiary/aromatic N) is 1. The van der Waals surface area contributed by atoms with E-state index in [1.165, 1.54) is 4.90 Å². The molecule has 2 heterocycles. The van der Waals surface area contributed by atoms with Gasteiger partial charge in [-0.2, -0.15) is 0 Å². The van der Waals surface area contributed by atoms with E-state index in [1.807, 2.05) is 0 Å². The monoisotopic (exact) mass is 262 g/mol. The first kappa shape index (κ1) is 13.5. The minimum Gasteiger partial charge on any atom is -0.444 e. The molecule has 18 heavy (non-hydrogen) atoms. The van der Waals surface area contributed by atoms with E-state index in [9.17, 15) is 13.6 Å². The number of piperidine rings is 1. The lowest BCUT2D eigenvalue weighted by molar-refractivity contribution is -0.0973. The summed E-state index contributed by atoms with van der Waals surface area (Å²) in [7, 11) is 0. The number of hydrogen-bond donors (Lipinski definition) is 1. The Labute approximate surface area is 106 Å². The fourth-order valence-corrected chi connectivity index (χ4v) is 2.63. The molecule has 0 aromatic carbocycles. The molecule has 0 radical (unpaired) electrons. The van der Waals surface area contributed by atoms with Crippen LogP contribution in [0.5, 0.6) is 0 Å². The number of ether oxygens (including phenoxy) is 1. The van der Waals surface area contributed by atoms with E-state index < -0.39 is 24.2 Å². The standard InChI is InChI=1S/C12H20F2N2O2/c1-11(2,3)18-10(17)16-7-12(13,14)4-8-5-15-6-9(8)16/h8-9,15H,4-7H2,1-3H3/t8-,9+/m1/s1. The number of rotatable bonds is 0. The highest BCUT2D eigenvalue weighted by molar-refractivity contribution is 5.69. The Bertz CT molecular complexity index is 341. The number of nitrogens with one attached hydrogen (secondary N) is 1. The molecule has 2 fully saturated rings. The largest absolute Gasteiger partial charge is 0.444 e. The van der Waals surface area contributed by atoms with Gasteiger partial charge in [-0.25, -0.2) is 13.6 Å². The molecule has 0 bridgehead atoms. The Balaban J connectivity index is 2.12. The zero-order valence-electron chi connectivity index (χ0n) is 11.0. The predicted molar refractivity (Wildman–Crippen MR) is 62.7 cm³/mol. The highest BCUT2D eigenvalue weighted by Crippen LogP contribution is 2.36. The summed E-state index contributed by atoms with van der Waals surface area (Å²) in [4.78, 5) is 13.2. The second kappa shape index (κ2) is 4.33. The van der Waals surface area contributed by atoms with Crippen LogP contribution in [0.25, 0.3) is 0 Å². The van der Waals surface area contributed by atoms with Gasteiger partial charge in [0, 0.05) is 19.5 Å². The van der Waals surface area contributed by atoms with E-state index in [0.29, 0.717) is 13.1 Å². The number of likely N-dealkylation sites (tertiary alicyclic amines) is 1. The molecule has 2 aliphatic heterocycles. The molecule has 6 heteroatoms. The first-order chi connectivity index (χ1) is 8.18. The van der Waals surface area contributed by atoms with Crippen molar-refractivity contribution in [3.05, 3.63) is 0 Å². The van der Waals surface area contributed by atoms with E-state index in [-0.39, 0.29) is 18.4 Å². The number of halogens is 2. The number of fused-ring (bicyclic) bond motifs is 1. The van der Waals surface area contributed by atoms with Gasteiger partial charge in [0.1, 0.15) is 5.60 Å². The smallest absolute Gasteiger partial charge is 0.410 e. The zero-order chi connectivity index (χ0) is 13.6. The third kappa shape index (κ3) is 2.91. The number of hydrogen-bond acceptors (Lipinski definition) is 3. The van der Waals surface area contributed by atoms with Gasteiger partial charge in [0.2, 0.25) is 0 Å².